The van der Waals surface area contributed by atoms with Crippen molar-refractivity contribution in [2.75, 3.05) is 0 Å². The molecule has 18 heavy (non-hydrogen) atoms. The zero-order valence-electron chi connectivity index (χ0n) is 9.41. The van der Waals surface area contributed by atoms with Crippen LogP contribution in [-0.4, -0.2) is 12.1 Å². The van der Waals surface area contributed by atoms with E-state index in [0.29, 0.717) is 16.3 Å². The van der Waals surface area contributed by atoms with Gasteiger partial charge in [0.25, 0.3) is 0 Å². The highest BCUT2D eigenvalue weighted by Gasteiger charge is 2.31. The first kappa shape index (κ1) is 12.4. The third-order valence-electron chi connectivity index (χ3n) is 2.47. The Morgan fingerprint density at radius 2 is 1.89 bits per heavy atom. The second kappa shape index (κ2) is 4.33. The number of fused-ring (bicyclic) bond motifs is 1. The van der Waals surface area contributed by atoms with Crippen molar-refractivity contribution in [3.63, 3.8) is 0 Å². The van der Waals surface area contributed by atoms with Gasteiger partial charge in [-0.3, -0.25) is 4.79 Å². The van der Waals surface area contributed by atoms with Gasteiger partial charge in [-0.25, -0.2) is 0 Å². The zero-order valence-corrected chi connectivity index (χ0v) is 9.41. The molecule has 0 aliphatic heterocycles. The molecule has 0 unspecified atom stereocenters. The molecule has 0 bridgehead atoms. The minimum Gasteiger partial charge on any atom is -0.406 e. The fourth-order valence-electron chi connectivity index (χ4n) is 1.76. The molecule has 0 N–H and O–H groups in total. The predicted molar refractivity (Wildman–Crippen MR) is 60.6 cm³/mol. The lowest BCUT2D eigenvalue weighted by molar-refractivity contribution is -0.274. The van der Waals surface area contributed by atoms with E-state index in [4.69, 9.17) is 0 Å². The van der Waals surface area contributed by atoms with Crippen molar-refractivity contribution in [1.29, 1.82) is 0 Å². The molecule has 0 aliphatic carbocycles. The summed E-state index contributed by atoms with van der Waals surface area (Å²) in [5.41, 5.74) is 0.375. The van der Waals surface area contributed by atoms with E-state index in [1.54, 1.807) is 18.2 Å². The largest absolute Gasteiger partial charge is 0.573 e. The smallest absolute Gasteiger partial charge is 0.406 e. The van der Waals surface area contributed by atoms with Gasteiger partial charge in [0.05, 0.1) is 0 Å². The zero-order chi connectivity index (χ0) is 13.3. The average Bonchev–Trinajstić information content (AvgIpc) is 2.25. The van der Waals surface area contributed by atoms with Gasteiger partial charge in [0, 0.05) is 5.56 Å². The minimum absolute atomic E-state index is 0.204. The first-order valence-electron chi connectivity index (χ1n) is 5.16. The molecule has 0 aromatic heterocycles. The second-order valence-corrected chi connectivity index (χ2v) is 3.79. The molecule has 94 valence electrons. The van der Waals surface area contributed by atoms with E-state index in [2.05, 4.69) is 4.74 Å². The van der Waals surface area contributed by atoms with Crippen molar-refractivity contribution in [2.45, 2.75) is 13.3 Å². The number of halogens is 3. The van der Waals surface area contributed by atoms with Gasteiger partial charge in [-0.2, -0.15) is 0 Å². The van der Waals surface area contributed by atoms with Crippen LogP contribution in [0, 0.1) is 0 Å². The number of Topliss-reactive ketones (excluding diaryl/α,β-unsaturated/α-hetero) is 1. The van der Waals surface area contributed by atoms with Gasteiger partial charge in [0.1, 0.15) is 5.75 Å². The van der Waals surface area contributed by atoms with Crippen molar-refractivity contribution in [3.05, 3.63) is 42.0 Å². The summed E-state index contributed by atoms with van der Waals surface area (Å²) < 4.78 is 40.2. The lowest BCUT2D eigenvalue weighted by Crippen LogP contribution is -2.17. The molecule has 5 heteroatoms. The van der Waals surface area contributed by atoms with E-state index in [9.17, 15) is 18.0 Å². The Morgan fingerprint density at radius 1 is 1.17 bits per heavy atom. The molecule has 0 heterocycles. The van der Waals surface area contributed by atoms with Crippen LogP contribution in [-0.2, 0) is 0 Å². The molecule has 0 saturated carbocycles. The van der Waals surface area contributed by atoms with Crippen LogP contribution in [0.25, 0.3) is 10.8 Å². The predicted octanol–water partition coefficient (Wildman–Crippen LogP) is 3.94. The summed E-state index contributed by atoms with van der Waals surface area (Å²) in [7, 11) is 0. The number of benzene rings is 2. The summed E-state index contributed by atoms with van der Waals surface area (Å²) in [6.07, 6.45) is -4.74. The van der Waals surface area contributed by atoms with Gasteiger partial charge in [-0.1, -0.05) is 24.3 Å². The number of ether oxygens (including phenoxy) is 1. The number of rotatable bonds is 2. The fourth-order valence-corrected chi connectivity index (χ4v) is 1.76. The number of hydrogen-bond donors (Lipinski definition) is 0. The van der Waals surface area contributed by atoms with Crippen molar-refractivity contribution >= 4 is 16.6 Å². The number of alkyl halides is 3. The highest BCUT2D eigenvalue weighted by molar-refractivity contribution is 6.07. The van der Waals surface area contributed by atoms with E-state index < -0.39 is 6.36 Å². The maximum absolute atomic E-state index is 12.1. The molecule has 0 fully saturated rings. The number of hydrogen-bond acceptors (Lipinski definition) is 2. The van der Waals surface area contributed by atoms with Crippen LogP contribution in [0.5, 0.6) is 5.75 Å². The van der Waals surface area contributed by atoms with Gasteiger partial charge in [0.15, 0.2) is 5.78 Å². The molecule has 2 nitrogen and oxygen atoms in total. The minimum atomic E-state index is -4.74. The quantitative estimate of drug-likeness (QED) is 0.759. The Balaban J connectivity index is 2.55. The third kappa shape index (κ3) is 2.61. The van der Waals surface area contributed by atoms with Crippen molar-refractivity contribution in [1.82, 2.24) is 0 Å². The molecule has 0 saturated heterocycles. The first-order chi connectivity index (χ1) is 8.37. The molecule has 0 atom stereocenters. The lowest BCUT2D eigenvalue weighted by atomic mass is 10.0. The number of ketones is 1. The maximum atomic E-state index is 12.1. The van der Waals surface area contributed by atoms with Gasteiger partial charge in [-0.15, -0.1) is 13.2 Å². The number of carbonyl (C=O) groups excluding carboxylic acids is 1. The van der Waals surface area contributed by atoms with Crippen LogP contribution in [0.3, 0.4) is 0 Å². The Bertz CT molecular complexity index is 603. The molecular formula is C13H9F3O2. The fraction of sp³-hybridized carbons (Fsp3) is 0.154. The third-order valence-corrected chi connectivity index (χ3v) is 2.47. The van der Waals surface area contributed by atoms with Crippen LogP contribution < -0.4 is 4.74 Å². The molecular weight excluding hydrogens is 245 g/mol. The van der Waals surface area contributed by atoms with E-state index in [0.717, 1.165) is 0 Å². The van der Waals surface area contributed by atoms with Crippen LogP contribution >= 0.6 is 0 Å². The SMILES string of the molecule is CC(=O)c1cccc2ccc(OC(F)(F)F)cc12. The Kier molecular flexibility index (Phi) is 2.98. The summed E-state index contributed by atoms with van der Waals surface area (Å²) in [4.78, 5) is 11.4. The maximum Gasteiger partial charge on any atom is 0.573 e. The summed E-state index contributed by atoms with van der Waals surface area (Å²) in [5.74, 6) is -0.534. The average molecular weight is 254 g/mol. The van der Waals surface area contributed by atoms with Crippen LogP contribution in [0.1, 0.15) is 17.3 Å². The summed E-state index contributed by atoms with van der Waals surface area (Å²) in [6.45, 7) is 1.37. The monoisotopic (exact) mass is 254 g/mol. The van der Waals surface area contributed by atoms with Gasteiger partial charge in [-0.05, 0) is 29.8 Å². The van der Waals surface area contributed by atoms with E-state index in [1.807, 2.05) is 0 Å². The van der Waals surface area contributed by atoms with E-state index >= 15 is 0 Å². The van der Waals surface area contributed by atoms with Crippen molar-refractivity contribution < 1.29 is 22.7 Å². The molecule has 2 aromatic carbocycles. The standard InChI is InChI=1S/C13H9F3O2/c1-8(17)11-4-2-3-9-5-6-10(7-12(9)11)18-13(14,15)16/h2-7H,1H3. The summed E-state index contributed by atoms with van der Waals surface area (Å²) in [6, 6.07) is 8.91. The Hall–Kier alpha value is -2.04. The van der Waals surface area contributed by atoms with Crippen LogP contribution in [0.15, 0.2) is 36.4 Å². The lowest BCUT2D eigenvalue weighted by Gasteiger charge is -2.10. The molecule has 0 radical (unpaired) electrons. The first-order valence-corrected chi connectivity index (χ1v) is 5.16. The molecule has 0 spiro atoms. The summed E-state index contributed by atoms with van der Waals surface area (Å²) >= 11 is 0. The summed E-state index contributed by atoms with van der Waals surface area (Å²) in [5, 5.41) is 1.14. The van der Waals surface area contributed by atoms with Gasteiger partial charge >= 0.3 is 6.36 Å². The highest BCUT2D eigenvalue weighted by Crippen LogP contribution is 2.28. The van der Waals surface area contributed by atoms with Gasteiger partial charge < -0.3 is 4.74 Å². The second-order valence-electron chi connectivity index (χ2n) is 3.79. The van der Waals surface area contributed by atoms with Crippen LogP contribution in [0.2, 0.25) is 0 Å². The topological polar surface area (TPSA) is 26.3 Å². The molecule has 2 rings (SSSR count). The highest BCUT2D eigenvalue weighted by atomic mass is 19.4. The molecule has 0 amide bonds. The van der Waals surface area contributed by atoms with Crippen LogP contribution in [0.4, 0.5) is 13.2 Å². The normalized spacial score (nSPS) is 11.6. The Labute approximate surface area is 101 Å². The molecule has 0 aliphatic rings. The molecule has 2 aromatic rings. The van der Waals surface area contributed by atoms with E-state index in [1.165, 1.54) is 25.1 Å². The Morgan fingerprint density at radius 3 is 2.50 bits per heavy atom. The van der Waals surface area contributed by atoms with E-state index in [-0.39, 0.29) is 11.5 Å². The van der Waals surface area contributed by atoms with Gasteiger partial charge in [0.2, 0.25) is 0 Å². The number of carbonyl (C=O) groups is 1. The van der Waals surface area contributed by atoms with Crippen molar-refractivity contribution in [3.8, 4) is 5.75 Å². The van der Waals surface area contributed by atoms with Crippen molar-refractivity contribution in [2.24, 2.45) is 0 Å².